The molecule has 11 aromatic rings. The summed E-state index contributed by atoms with van der Waals surface area (Å²) in [6.45, 7) is 0. The van der Waals surface area contributed by atoms with Crippen molar-refractivity contribution in [3.05, 3.63) is 247 Å². The summed E-state index contributed by atoms with van der Waals surface area (Å²) in [7, 11) is 0. The molecule has 13 rings (SSSR count). The number of nitrogens with zero attached hydrogens (tertiary/aromatic N) is 1. The van der Waals surface area contributed by atoms with Crippen LogP contribution in [0.1, 0.15) is 22.3 Å². The molecule has 0 saturated heterocycles. The fourth-order valence-corrected chi connectivity index (χ4v) is 10.8. The molecular formula is C59H37NO. The van der Waals surface area contributed by atoms with Gasteiger partial charge in [-0.05, 0) is 109 Å². The van der Waals surface area contributed by atoms with Gasteiger partial charge in [-0.1, -0.05) is 182 Å². The number of furan rings is 1. The minimum atomic E-state index is -0.459. The minimum absolute atomic E-state index is 0.459. The lowest BCUT2D eigenvalue weighted by Gasteiger charge is -2.32. The summed E-state index contributed by atoms with van der Waals surface area (Å²) >= 11 is 0. The third kappa shape index (κ3) is 4.79. The Labute approximate surface area is 354 Å². The van der Waals surface area contributed by atoms with Crippen molar-refractivity contribution < 1.29 is 4.42 Å². The van der Waals surface area contributed by atoms with Gasteiger partial charge in [0.05, 0.1) is 11.1 Å². The lowest BCUT2D eigenvalue weighted by atomic mass is 9.70. The summed E-state index contributed by atoms with van der Waals surface area (Å²) in [6, 6.07) is 82.2. The highest BCUT2D eigenvalue weighted by Crippen LogP contribution is 2.63. The van der Waals surface area contributed by atoms with Crippen molar-refractivity contribution in [1.82, 2.24) is 0 Å². The summed E-state index contributed by atoms with van der Waals surface area (Å²) in [4.78, 5) is 2.46. The fourth-order valence-electron chi connectivity index (χ4n) is 10.8. The van der Waals surface area contributed by atoms with Crippen LogP contribution in [0.5, 0.6) is 0 Å². The van der Waals surface area contributed by atoms with Gasteiger partial charge in [-0.15, -0.1) is 0 Å². The molecule has 0 bridgehead atoms. The summed E-state index contributed by atoms with van der Waals surface area (Å²) in [5.74, 6) is 0. The Morgan fingerprint density at radius 1 is 0.344 bits per heavy atom. The molecule has 0 aliphatic heterocycles. The van der Waals surface area contributed by atoms with Gasteiger partial charge in [0.1, 0.15) is 11.2 Å². The van der Waals surface area contributed by atoms with E-state index in [4.69, 9.17) is 4.42 Å². The molecule has 1 heterocycles. The Balaban J connectivity index is 1.09. The average Bonchev–Trinajstić information content (AvgIpc) is 3.95. The molecule has 2 nitrogen and oxygen atoms in total. The van der Waals surface area contributed by atoms with E-state index in [1.165, 1.54) is 60.8 Å². The van der Waals surface area contributed by atoms with E-state index < -0.39 is 5.41 Å². The van der Waals surface area contributed by atoms with Gasteiger partial charge in [0, 0.05) is 33.3 Å². The molecule has 61 heavy (non-hydrogen) atoms. The standard InChI is InChI=1S/C59H37NO/c1-3-17-38(18-4-1)43-22-12-16-30-55(43)60(41-32-34-56-49(36-41)50-35-40-21-7-8-23-44(40)57(58(50)61-56)39-19-5-2-6-20-39)42-31-33-48-47-26-11-15-29-53(47)59(54(48)37-42)51-27-13-9-24-45(51)46-25-10-14-28-52(46)59/h1-37H. The van der Waals surface area contributed by atoms with Crippen molar-refractivity contribution in [2.75, 3.05) is 4.90 Å². The zero-order valence-corrected chi connectivity index (χ0v) is 33.2. The smallest absolute Gasteiger partial charge is 0.143 e. The van der Waals surface area contributed by atoms with Crippen LogP contribution < -0.4 is 4.90 Å². The van der Waals surface area contributed by atoms with E-state index >= 15 is 0 Å². The molecule has 10 aromatic carbocycles. The van der Waals surface area contributed by atoms with Crippen LogP contribution in [0.15, 0.2) is 229 Å². The van der Waals surface area contributed by atoms with Crippen LogP contribution in [-0.2, 0) is 5.41 Å². The molecule has 0 fully saturated rings. The van der Waals surface area contributed by atoms with Crippen LogP contribution in [0, 0.1) is 0 Å². The number of fused-ring (bicyclic) bond motifs is 14. The number of benzene rings is 10. The molecule has 0 unspecified atom stereocenters. The minimum Gasteiger partial charge on any atom is -0.455 e. The molecule has 0 saturated carbocycles. The lowest BCUT2D eigenvalue weighted by Crippen LogP contribution is -2.26. The lowest BCUT2D eigenvalue weighted by molar-refractivity contribution is 0.670. The van der Waals surface area contributed by atoms with E-state index in [2.05, 4.69) is 229 Å². The van der Waals surface area contributed by atoms with E-state index in [0.29, 0.717) is 0 Å². The predicted octanol–water partition coefficient (Wildman–Crippen LogP) is 15.9. The maximum atomic E-state index is 6.89. The summed E-state index contributed by atoms with van der Waals surface area (Å²) < 4.78 is 6.89. The molecule has 2 aliphatic rings. The molecule has 0 N–H and O–H groups in total. The third-order valence-electron chi connectivity index (χ3n) is 13.3. The molecule has 284 valence electrons. The van der Waals surface area contributed by atoms with Gasteiger partial charge in [-0.2, -0.15) is 0 Å². The Hall–Kier alpha value is -7.94. The summed E-state index contributed by atoms with van der Waals surface area (Å²) in [5, 5.41) is 4.56. The Morgan fingerprint density at radius 3 is 1.56 bits per heavy atom. The van der Waals surface area contributed by atoms with E-state index in [-0.39, 0.29) is 0 Å². The highest BCUT2D eigenvalue weighted by molar-refractivity contribution is 6.19. The highest BCUT2D eigenvalue weighted by Gasteiger charge is 2.51. The number of anilines is 3. The quantitative estimate of drug-likeness (QED) is 0.173. The molecule has 1 spiro atoms. The van der Waals surface area contributed by atoms with Gasteiger partial charge in [-0.3, -0.25) is 0 Å². The molecular weight excluding hydrogens is 739 g/mol. The molecule has 1 aromatic heterocycles. The van der Waals surface area contributed by atoms with E-state index in [0.717, 1.165) is 55.7 Å². The molecule has 2 heteroatoms. The van der Waals surface area contributed by atoms with Crippen molar-refractivity contribution in [1.29, 1.82) is 0 Å². The molecule has 0 radical (unpaired) electrons. The normalized spacial score (nSPS) is 13.0. The molecule has 0 atom stereocenters. The van der Waals surface area contributed by atoms with Gasteiger partial charge >= 0.3 is 0 Å². The topological polar surface area (TPSA) is 16.4 Å². The van der Waals surface area contributed by atoms with Gasteiger partial charge < -0.3 is 9.32 Å². The largest absolute Gasteiger partial charge is 0.455 e. The maximum Gasteiger partial charge on any atom is 0.143 e. The third-order valence-corrected chi connectivity index (χ3v) is 13.3. The van der Waals surface area contributed by atoms with Crippen molar-refractivity contribution in [2.24, 2.45) is 0 Å². The second kappa shape index (κ2) is 13.0. The summed E-state index contributed by atoms with van der Waals surface area (Å²) in [5.41, 5.74) is 19.7. The number of hydrogen-bond acceptors (Lipinski definition) is 2. The Bertz CT molecular complexity index is 3480. The van der Waals surface area contributed by atoms with Gasteiger partial charge in [-0.25, -0.2) is 0 Å². The zero-order valence-electron chi connectivity index (χ0n) is 33.2. The number of hydrogen-bond donors (Lipinski definition) is 0. The van der Waals surface area contributed by atoms with E-state index in [1.54, 1.807) is 0 Å². The van der Waals surface area contributed by atoms with Gasteiger partial charge in [0.25, 0.3) is 0 Å². The maximum absolute atomic E-state index is 6.89. The van der Waals surface area contributed by atoms with Crippen LogP contribution >= 0.6 is 0 Å². The van der Waals surface area contributed by atoms with Crippen molar-refractivity contribution in [2.45, 2.75) is 5.41 Å². The van der Waals surface area contributed by atoms with Crippen molar-refractivity contribution in [3.63, 3.8) is 0 Å². The summed E-state index contributed by atoms with van der Waals surface area (Å²) in [6.07, 6.45) is 0. The first-order valence-corrected chi connectivity index (χ1v) is 21.1. The van der Waals surface area contributed by atoms with Crippen LogP contribution in [0.25, 0.3) is 77.2 Å². The monoisotopic (exact) mass is 775 g/mol. The molecule has 2 aliphatic carbocycles. The van der Waals surface area contributed by atoms with Gasteiger partial charge in [0.2, 0.25) is 0 Å². The van der Waals surface area contributed by atoms with E-state index in [9.17, 15) is 0 Å². The first-order chi connectivity index (χ1) is 30.3. The van der Waals surface area contributed by atoms with Crippen LogP contribution in [0.3, 0.4) is 0 Å². The van der Waals surface area contributed by atoms with Crippen molar-refractivity contribution >= 4 is 49.8 Å². The number of rotatable bonds is 5. The number of para-hydroxylation sites is 1. The Morgan fingerprint density at radius 2 is 0.869 bits per heavy atom. The van der Waals surface area contributed by atoms with Gasteiger partial charge in [0.15, 0.2) is 0 Å². The zero-order chi connectivity index (χ0) is 40.1. The first-order valence-electron chi connectivity index (χ1n) is 21.1. The van der Waals surface area contributed by atoms with Crippen LogP contribution in [-0.4, -0.2) is 0 Å². The fraction of sp³-hybridized carbons (Fsp3) is 0.0169. The molecule has 0 amide bonds. The SMILES string of the molecule is c1ccc(-c2ccccc2N(c2ccc3c(c2)C2(c4ccccc4-c4ccccc42)c2ccccc2-3)c2ccc3oc4c(-c5ccccc5)c5ccccc5cc4c3c2)cc1. The second-order valence-corrected chi connectivity index (χ2v) is 16.3. The predicted molar refractivity (Wildman–Crippen MR) is 253 cm³/mol. The van der Waals surface area contributed by atoms with Crippen molar-refractivity contribution in [3.8, 4) is 44.5 Å². The van der Waals surface area contributed by atoms with Crippen LogP contribution in [0.4, 0.5) is 17.1 Å². The first kappa shape index (κ1) is 34.0. The van der Waals surface area contributed by atoms with E-state index in [1.807, 2.05) is 0 Å². The average molecular weight is 776 g/mol. The Kier molecular flexibility index (Phi) is 7.26. The van der Waals surface area contributed by atoms with Crippen LogP contribution in [0.2, 0.25) is 0 Å². The second-order valence-electron chi connectivity index (χ2n) is 16.3. The highest BCUT2D eigenvalue weighted by atomic mass is 16.3.